The molecule has 180 valence electrons. The van der Waals surface area contributed by atoms with E-state index in [1.54, 1.807) is 41.0 Å². The highest BCUT2D eigenvalue weighted by Gasteiger charge is 2.21. The van der Waals surface area contributed by atoms with Crippen LogP contribution in [0.25, 0.3) is 5.69 Å². The zero-order chi connectivity index (χ0) is 23.9. The molecule has 2 heterocycles. The van der Waals surface area contributed by atoms with Crippen molar-refractivity contribution in [2.45, 2.75) is 30.5 Å². The molecule has 1 saturated heterocycles. The van der Waals surface area contributed by atoms with Crippen LogP contribution in [-0.2, 0) is 11.2 Å². The van der Waals surface area contributed by atoms with E-state index in [2.05, 4.69) is 15.5 Å². The van der Waals surface area contributed by atoms with Crippen molar-refractivity contribution in [2.75, 3.05) is 33.1 Å². The standard InChI is InChI=1S/C24H27FN4O4S/c1-31-20-11-5-8-17(22(20)32-2)23(30)26-13-12-21-27-28-24(34-15-16-7-6-14-33-16)29(21)19-10-4-3-9-18(19)25/h3-5,8-11,16H,6-7,12-15H2,1-2H3,(H,26,30). The van der Waals surface area contributed by atoms with E-state index in [0.29, 0.717) is 40.2 Å². The highest BCUT2D eigenvalue weighted by Crippen LogP contribution is 2.31. The molecular weight excluding hydrogens is 459 g/mol. The Balaban J connectivity index is 1.49. The summed E-state index contributed by atoms with van der Waals surface area (Å²) in [7, 11) is 3.00. The van der Waals surface area contributed by atoms with Crippen LogP contribution in [-0.4, -0.2) is 59.9 Å². The number of carbonyl (C=O) groups excluding carboxylic acids is 1. The second-order valence-electron chi connectivity index (χ2n) is 7.68. The molecule has 0 saturated carbocycles. The summed E-state index contributed by atoms with van der Waals surface area (Å²) in [5, 5.41) is 12.1. The molecule has 1 aromatic heterocycles. The number of rotatable bonds is 10. The van der Waals surface area contributed by atoms with E-state index in [9.17, 15) is 9.18 Å². The Bertz CT molecular complexity index is 1130. The summed E-state index contributed by atoms with van der Waals surface area (Å²) in [4.78, 5) is 12.8. The van der Waals surface area contributed by atoms with Crippen LogP contribution in [0.2, 0.25) is 0 Å². The summed E-state index contributed by atoms with van der Waals surface area (Å²) in [6.07, 6.45) is 2.58. The third-order valence-electron chi connectivity index (χ3n) is 5.50. The second kappa shape index (κ2) is 11.3. The van der Waals surface area contributed by atoms with Crippen molar-refractivity contribution in [1.29, 1.82) is 0 Å². The number of methoxy groups -OCH3 is 2. The van der Waals surface area contributed by atoms with Gasteiger partial charge in [0, 0.05) is 25.3 Å². The van der Waals surface area contributed by atoms with E-state index >= 15 is 0 Å². The van der Waals surface area contributed by atoms with Gasteiger partial charge in [0.1, 0.15) is 11.6 Å². The normalized spacial score (nSPS) is 15.3. The van der Waals surface area contributed by atoms with Gasteiger partial charge < -0.3 is 19.5 Å². The van der Waals surface area contributed by atoms with Gasteiger partial charge in [-0.25, -0.2) is 4.39 Å². The van der Waals surface area contributed by atoms with Gasteiger partial charge in [-0.3, -0.25) is 9.36 Å². The predicted molar refractivity (Wildman–Crippen MR) is 127 cm³/mol. The lowest BCUT2D eigenvalue weighted by molar-refractivity contribution is 0.0950. The molecule has 3 aromatic rings. The molecule has 1 aliphatic heterocycles. The molecule has 0 spiro atoms. The van der Waals surface area contributed by atoms with Gasteiger partial charge in [-0.05, 0) is 37.1 Å². The Morgan fingerprint density at radius 1 is 1.21 bits per heavy atom. The first kappa shape index (κ1) is 24.0. The van der Waals surface area contributed by atoms with E-state index in [0.717, 1.165) is 25.2 Å². The molecule has 8 nitrogen and oxygen atoms in total. The van der Waals surface area contributed by atoms with Crippen LogP contribution in [0.1, 0.15) is 29.0 Å². The number of nitrogens with zero attached hydrogens (tertiary/aromatic N) is 3. The zero-order valence-electron chi connectivity index (χ0n) is 19.1. The summed E-state index contributed by atoms with van der Waals surface area (Å²) in [5.41, 5.74) is 0.739. The molecule has 2 aromatic carbocycles. The Hall–Kier alpha value is -3.11. The molecule has 10 heteroatoms. The third-order valence-corrected chi connectivity index (χ3v) is 6.56. The van der Waals surface area contributed by atoms with E-state index in [4.69, 9.17) is 14.2 Å². The summed E-state index contributed by atoms with van der Waals surface area (Å²) in [6.45, 7) is 1.05. The fourth-order valence-corrected chi connectivity index (χ4v) is 4.85. The number of aromatic nitrogens is 3. The van der Waals surface area contributed by atoms with Crippen LogP contribution in [0.4, 0.5) is 4.39 Å². The van der Waals surface area contributed by atoms with Gasteiger partial charge in [0.2, 0.25) is 0 Å². The number of amides is 1. The molecule has 1 fully saturated rings. The monoisotopic (exact) mass is 486 g/mol. The largest absolute Gasteiger partial charge is 0.493 e. The van der Waals surface area contributed by atoms with Crippen LogP contribution < -0.4 is 14.8 Å². The van der Waals surface area contributed by atoms with Crippen molar-refractivity contribution in [3.05, 3.63) is 59.7 Å². The molecule has 4 rings (SSSR count). The Kier molecular flexibility index (Phi) is 8.02. The molecule has 1 amide bonds. The maximum atomic E-state index is 14.7. The highest BCUT2D eigenvalue weighted by atomic mass is 32.2. The minimum absolute atomic E-state index is 0.163. The van der Waals surface area contributed by atoms with Gasteiger partial charge in [-0.1, -0.05) is 30.0 Å². The van der Waals surface area contributed by atoms with Gasteiger partial charge in [0.05, 0.1) is 31.6 Å². The Morgan fingerprint density at radius 2 is 2.06 bits per heavy atom. The lowest BCUT2D eigenvalue weighted by Gasteiger charge is -2.14. The van der Waals surface area contributed by atoms with Gasteiger partial charge in [0.25, 0.3) is 5.91 Å². The smallest absolute Gasteiger partial charge is 0.255 e. The van der Waals surface area contributed by atoms with Crippen molar-refractivity contribution in [3.8, 4) is 17.2 Å². The molecule has 1 atom stereocenters. The van der Waals surface area contributed by atoms with Crippen molar-refractivity contribution in [1.82, 2.24) is 20.1 Å². The topological polar surface area (TPSA) is 87.5 Å². The lowest BCUT2D eigenvalue weighted by Crippen LogP contribution is -2.27. The average Bonchev–Trinajstić information content (AvgIpc) is 3.52. The van der Waals surface area contributed by atoms with Crippen LogP contribution in [0.5, 0.6) is 11.5 Å². The van der Waals surface area contributed by atoms with E-state index in [1.807, 2.05) is 0 Å². The fourth-order valence-electron chi connectivity index (χ4n) is 3.82. The average molecular weight is 487 g/mol. The minimum Gasteiger partial charge on any atom is -0.493 e. The number of para-hydroxylation sites is 2. The fraction of sp³-hybridized carbons (Fsp3) is 0.375. The van der Waals surface area contributed by atoms with Gasteiger partial charge in [-0.2, -0.15) is 0 Å². The highest BCUT2D eigenvalue weighted by molar-refractivity contribution is 7.99. The number of hydrogen-bond acceptors (Lipinski definition) is 7. The molecule has 1 unspecified atom stereocenters. The number of nitrogens with one attached hydrogen (secondary N) is 1. The number of carbonyl (C=O) groups is 1. The first-order valence-electron chi connectivity index (χ1n) is 11.0. The first-order chi connectivity index (χ1) is 16.6. The lowest BCUT2D eigenvalue weighted by atomic mass is 10.1. The van der Waals surface area contributed by atoms with Crippen molar-refractivity contribution >= 4 is 17.7 Å². The van der Waals surface area contributed by atoms with Gasteiger partial charge in [-0.15, -0.1) is 10.2 Å². The SMILES string of the molecule is COc1cccc(C(=O)NCCc2nnc(SCC3CCCO3)n2-c2ccccc2F)c1OC. The second-order valence-corrected chi connectivity index (χ2v) is 8.67. The summed E-state index contributed by atoms with van der Waals surface area (Å²) in [6, 6.07) is 11.6. The van der Waals surface area contributed by atoms with Crippen LogP contribution in [0, 0.1) is 5.82 Å². The maximum Gasteiger partial charge on any atom is 0.255 e. The molecule has 0 bridgehead atoms. The van der Waals surface area contributed by atoms with E-state index in [-0.39, 0.29) is 24.4 Å². The number of thioether (sulfide) groups is 1. The number of benzene rings is 2. The molecular formula is C24H27FN4O4S. The van der Waals surface area contributed by atoms with Crippen LogP contribution >= 0.6 is 11.8 Å². The maximum absolute atomic E-state index is 14.7. The number of halogens is 1. The summed E-state index contributed by atoms with van der Waals surface area (Å²) >= 11 is 1.49. The van der Waals surface area contributed by atoms with Crippen molar-refractivity contribution in [2.24, 2.45) is 0 Å². The minimum atomic E-state index is -0.368. The van der Waals surface area contributed by atoms with Crippen molar-refractivity contribution in [3.63, 3.8) is 0 Å². The third kappa shape index (κ3) is 5.34. The van der Waals surface area contributed by atoms with E-state index in [1.165, 1.54) is 32.0 Å². The molecule has 34 heavy (non-hydrogen) atoms. The number of hydrogen-bond donors (Lipinski definition) is 1. The Morgan fingerprint density at radius 3 is 2.79 bits per heavy atom. The predicted octanol–water partition coefficient (Wildman–Crippen LogP) is 3.67. The van der Waals surface area contributed by atoms with Gasteiger partial charge >= 0.3 is 0 Å². The molecule has 1 N–H and O–H groups in total. The molecule has 1 aliphatic rings. The zero-order valence-corrected chi connectivity index (χ0v) is 19.9. The van der Waals surface area contributed by atoms with Crippen molar-refractivity contribution < 1.29 is 23.4 Å². The molecule has 0 aliphatic carbocycles. The summed E-state index contributed by atoms with van der Waals surface area (Å²) < 4.78 is 32.7. The van der Waals surface area contributed by atoms with Crippen LogP contribution in [0.15, 0.2) is 47.6 Å². The van der Waals surface area contributed by atoms with E-state index < -0.39 is 0 Å². The Labute approximate surface area is 201 Å². The first-order valence-corrected chi connectivity index (χ1v) is 12.0. The van der Waals surface area contributed by atoms with Crippen LogP contribution in [0.3, 0.4) is 0 Å². The number of ether oxygens (including phenoxy) is 3. The quantitative estimate of drug-likeness (QED) is 0.438. The summed E-state index contributed by atoms with van der Waals surface area (Å²) in [5.74, 6) is 1.44. The molecule has 0 radical (unpaired) electrons. The van der Waals surface area contributed by atoms with Gasteiger partial charge in [0.15, 0.2) is 16.7 Å².